The summed E-state index contributed by atoms with van der Waals surface area (Å²) < 4.78 is 15.8. The first-order valence-corrected chi connectivity index (χ1v) is 5.03. The molecule has 5 heteroatoms. The first kappa shape index (κ1) is 10.9. The van der Waals surface area contributed by atoms with Crippen molar-refractivity contribution in [2.75, 3.05) is 20.3 Å². The van der Waals surface area contributed by atoms with Crippen LogP contribution in [0.5, 0.6) is 5.75 Å². The number of rotatable bonds is 2. The minimum Gasteiger partial charge on any atom is -0.410 e. The van der Waals surface area contributed by atoms with Gasteiger partial charge in [-0.25, -0.2) is 4.79 Å². The average molecular weight is 223 g/mol. The quantitative estimate of drug-likeness (QED) is 0.824. The maximum atomic E-state index is 11.1. The maximum Gasteiger partial charge on any atom is 0.412 e. The molecule has 1 N–H and O–H groups in total. The molecular formula is C11H13NO4. The SMILES string of the molecule is CNC(=O)Oc1ccccc1C1OCCO1. The summed E-state index contributed by atoms with van der Waals surface area (Å²) in [4.78, 5) is 11.1. The molecule has 0 radical (unpaired) electrons. The van der Waals surface area contributed by atoms with Crippen molar-refractivity contribution in [2.24, 2.45) is 0 Å². The summed E-state index contributed by atoms with van der Waals surface area (Å²) in [5, 5.41) is 2.39. The van der Waals surface area contributed by atoms with E-state index in [-0.39, 0.29) is 0 Å². The van der Waals surface area contributed by atoms with Crippen molar-refractivity contribution in [2.45, 2.75) is 6.29 Å². The van der Waals surface area contributed by atoms with Crippen LogP contribution in [0, 0.1) is 0 Å². The number of nitrogens with one attached hydrogen (secondary N) is 1. The Labute approximate surface area is 93.3 Å². The zero-order chi connectivity index (χ0) is 11.4. The number of benzene rings is 1. The van der Waals surface area contributed by atoms with Crippen LogP contribution < -0.4 is 10.1 Å². The molecular weight excluding hydrogens is 210 g/mol. The van der Waals surface area contributed by atoms with Crippen molar-refractivity contribution in [1.82, 2.24) is 5.32 Å². The van der Waals surface area contributed by atoms with E-state index in [1.54, 1.807) is 12.1 Å². The van der Waals surface area contributed by atoms with Crippen LogP contribution in [0.1, 0.15) is 11.9 Å². The number of amides is 1. The summed E-state index contributed by atoms with van der Waals surface area (Å²) in [6, 6.07) is 7.15. The summed E-state index contributed by atoms with van der Waals surface area (Å²) in [6.07, 6.45) is -0.952. The van der Waals surface area contributed by atoms with E-state index in [1.807, 2.05) is 12.1 Å². The van der Waals surface area contributed by atoms with Crippen molar-refractivity contribution >= 4 is 6.09 Å². The molecule has 16 heavy (non-hydrogen) atoms. The molecule has 1 heterocycles. The second-order valence-electron chi connectivity index (χ2n) is 3.25. The van der Waals surface area contributed by atoms with E-state index < -0.39 is 12.4 Å². The Morgan fingerprint density at radius 3 is 2.75 bits per heavy atom. The largest absolute Gasteiger partial charge is 0.412 e. The zero-order valence-electron chi connectivity index (χ0n) is 8.93. The molecule has 0 aromatic heterocycles. The smallest absolute Gasteiger partial charge is 0.410 e. The Hall–Kier alpha value is -1.59. The van der Waals surface area contributed by atoms with Gasteiger partial charge in [-0.3, -0.25) is 0 Å². The van der Waals surface area contributed by atoms with E-state index in [2.05, 4.69) is 5.32 Å². The number of para-hydroxylation sites is 1. The van der Waals surface area contributed by atoms with Crippen LogP contribution >= 0.6 is 0 Å². The predicted molar refractivity (Wildman–Crippen MR) is 56.2 cm³/mol. The molecule has 5 nitrogen and oxygen atoms in total. The van der Waals surface area contributed by atoms with Crippen LogP contribution in [0.25, 0.3) is 0 Å². The van der Waals surface area contributed by atoms with E-state index in [4.69, 9.17) is 14.2 Å². The number of carbonyl (C=O) groups excluding carboxylic acids is 1. The predicted octanol–water partition coefficient (Wildman–Crippen LogP) is 1.45. The molecule has 1 aromatic rings. The van der Waals surface area contributed by atoms with Gasteiger partial charge in [0.05, 0.1) is 18.8 Å². The third-order valence-corrected chi connectivity index (χ3v) is 2.20. The van der Waals surface area contributed by atoms with Gasteiger partial charge in [0.15, 0.2) is 6.29 Å². The second kappa shape index (κ2) is 4.96. The standard InChI is InChI=1S/C11H13NO4/c1-12-11(13)16-9-5-3-2-4-8(9)10-14-6-7-15-10/h2-5,10H,6-7H2,1H3,(H,12,13). The number of hydrogen-bond donors (Lipinski definition) is 1. The lowest BCUT2D eigenvalue weighted by molar-refractivity contribution is -0.0452. The highest BCUT2D eigenvalue weighted by atomic mass is 16.7. The molecule has 1 saturated heterocycles. The topological polar surface area (TPSA) is 56.8 Å². The molecule has 1 aliphatic rings. The van der Waals surface area contributed by atoms with E-state index in [9.17, 15) is 4.79 Å². The molecule has 1 fully saturated rings. The zero-order valence-corrected chi connectivity index (χ0v) is 8.93. The lowest BCUT2D eigenvalue weighted by Gasteiger charge is -2.13. The van der Waals surface area contributed by atoms with Gasteiger partial charge in [-0.15, -0.1) is 0 Å². The summed E-state index contributed by atoms with van der Waals surface area (Å²) in [5.74, 6) is 0.453. The lowest BCUT2D eigenvalue weighted by atomic mass is 10.2. The number of hydrogen-bond acceptors (Lipinski definition) is 4. The number of carbonyl (C=O) groups is 1. The van der Waals surface area contributed by atoms with E-state index in [0.717, 1.165) is 5.56 Å². The van der Waals surface area contributed by atoms with Gasteiger partial charge in [0.2, 0.25) is 0 Å². The van der Waals surface area contributed by atoms with Crippen LogP contribution in [0.3, 0.4) is 0 Å². The highest BCUT2D eigenvalue weighted by molar-refractivity contribution is 5.70. The van der Waals surface area contributed by atoms with Gasteiger partial charge in [-0.2, -0.15) is 0 Å². The fraction of sp³-hybridized carbons (Fsp3) is 0.364. The fourth-order valence-electron chi connectivity index (χ4n) is 1.46. The third-order valence-electron chi connectivity index (χ3n) is 2.20. The molecule has 2 rings (SSSR count). The first-order chi connectivity index (χ1) is 7.81. The summed E-state index contributed by atoms with van der Waals surface area (Å²) >= 11 is 0. The lowest BCUT2D eigenvalue weighted by Crippen LogP contribution is -2.22. The molecule has 0 spiro atoms. The van der Waals surface area contributed by atoms with Gasteiger partial charge in [-0.1, -0.05) is 18.2 Å². The van der Waals surface area contributed by atoms with E-state index >= 15 is 0 Å². The monoisotopic (exact) mass is 223 g/mol. The average Bonchev–Trinajstić information content (AvgIpc) is 2.83. The van der Waals surface area contributed by atoms with Crippen molar-refractivity contribution in [3.8, 4) is 5.75 Å². The van der Waals surface area contributed by atoms with Gasteiger partial charge in [-0.05, 0) is 6.07 Å². The summed E-state index contributed by atoms with van der Waals surface area (Å²) in [6.45, 7) is 1.11. The molecule has 86 valence electrons. The molecule has 1 aromatic carbocycles. The molecule has 1 aliphatic heterocycles. The van der Waals surface area contributed by atoms with Crippen LogP contribution in [-0.2, 0) is 9.47 Å². The highest BCUT2D eigenvalue weighted by Gasteiger charge is 2.22. The highest BCUT2D eigenvalue weighted by Crippen LogP contribution is 2.30. The molecule has 0 saturated carbocycles. The van der Waals surface area contributed by atoms with Gasteiger partial charge < -0.3 is 19.5 Å². The Morgan fingerprint density at radius 2 is 2.06 bits per heavy atom. The van der Waals surface area contributed by atoms with Gasteiger partial charge in [0.1, 0.15) is 5.75 Å². The van der Waals surface area contributed by atoms with Crippen molar-refractivity contribution in [3.05, 3.63) is 29.8 Å². The van der Waals surface area contributed by atoms with Gasteiger partial charge in [0.25, 0.3) is 0 Å². The molecule has 0 atom stereocenters. The summed E-state index contributed by atoms with van der Waals surface area (Å²) in [7, 11) is 1.51. The molecule has 0 aliphatic carbocycles. The van der Waals surface area contributed by atoms with Crippen LogP contribution in [-0.4, -0.2) is 26.4 Å². The maximum absolute atomic E-state index is 11.1. The second-order valence-corrected chi connectivity index (χ2v) is 3.25. The van der Waals surface area contributed by atoms with E-state index in [1.165, 1.54) is 7.05 Å². The van der Waals surface area contributed by atoms with Gasteiger partial charge in [0, 0.05) is 7.05 Å². The minimum atomic E-state index is -0.509. The van der Waals surface area contributed by atoms with Crippen molar-refractivity contribution in [1.29, 1.82) is 0 Å². The molecule has 0 bridgehead atoms. The molecule has 0 unspecified atom stereocenters. The van der Waals surface area contributed by atoms with E-state index in [0.29, 0.717) is 19.0 Å². The normalized spacial score (nSPS) is 16.1. The first-order valence-electron chi connectivity index (χ1n) is 5.03. The van der Waals surface area contributed by atoms with Crippen LogP contribution in [0.15, 0.2) is 24.3 Å². The molecule has 1 amide bonds. The third kappa shape index (κ3) is 2.32. The number of ether oxygens (including phenoxy) is 3. The van der Waals surface area contributed by atoms with Crippen LogP contribution in [0.2, 0.25) is 0 Å². The Morgan fingerprint density at radius 1 is 1.38 bits per heavy atom. The summed E-state index contributed by atoms with van der Waals surface area (Å²) in [5.41, 5.74) is 0.726. The Balaban J connectivity index is 2.19. The minimum absolute atomic E-state index is 0.444. The Bertz CT molecular complexity index is 374. The van der Waals surface area contributed by atoms with Crippen molar-refractivity contribution < 1.29 is 19.0 Å². The van der Waals surface area contributed by atoms with Crippen molar-refractivity contribution in [3.63, 3.8) is 0 Å². The fourth-order valence-corrected chi connectivity index (χ4v) is 1.46. The van der Waals surface area contributed by atoms with Crippen LogP contribution in [0.4, 0.5) is 4.79 Å². The Kier molecular flexibility index (Phi) is 3.38. The van der Waals surface area contributed by atoms with Gasteiger partial charge >= 0.3 is 6.09 Å².